The Morgan fingerprint density at radius 1 is 1.47 bits per heavy atom. The molecular formula is C13H18BrNO2. The van der Waals surface area contributed by atoms with E-state index in [0.29, 0.717) is 12.0 Å². The van der Waals surface area contributed by atoms with Crippen molar-refractivity contribution in [1.29, 1.82) is 0 Å². The minimum Gasteiger partial charge on any atom is -0.396 e. The van der Waals surface area contributed by atoms with E-state index in [1.165, 1.54) is 0 Å². The van der Waals surface area contributed by atoms with Gasteiger partial charge in [-0.05, 0) is 51.0 Å². The lowest BCUT2D eigenvalue weighted by molar-refractivity contribution is 0.0899. The number of carbonyl (C=O) groups excluding carboxylic acids is 1. The molecule has 0 unspecified atom stereocenters. The summed E-state index contributed by atoms with van der Waals surface area (Å²) in [5.41, 5.74) is 1.20. The highest BCUT2D eigenvalue weighted by molar-refractivity contribution is 9.10. The van der Waals surface area contributed by atoms with Crippen molar-refractivity contribution in [3.05, 3.63) is 33.8 Å². The van der Waals surface area contributed by atoms with Crippen molar-refractivity contribution < 1.29 is 9.90 Å². The molecular weight excluding hydrogens is 282 g/mol. The Bertz CT molecular complexity index is 416. The van der Waals surface area contributed by atoms with Crippen LogP contribution in [-0.2, 0) is 0 Å². The van der Waals surface area contributed by atoms with Crippen LogP contribution in [0.1, 0.15) is 36.2 Å². The minimum absolute atomic E-state index is 0.0621. The van der Waals surface area contributed by atoms with Crippen LogP contribution in [0.2, 0.25) is 0 Å². The second-order valence-corrected chi connectivity index (χ2v) is 5.69. The summed E-state index contributed by atoms with van der Waals surface area (Å²) in [6.07, 6.45) is 0.536. The molecule has 0 saturated heterocycles. The van der Waals surface area contributed by atoms with Gasteiger partial charge in [0, 0.05) is 22.2 Å². The summed E-state index contributed by atoms with van der Waals surface area (Å²) >= 11 is 3.37. The van der Waals surface area contributed by atoms with Crippen LogP contribution >= 0.6 is 15.9 Å². The van der Waals surface area contributed by atoms with E-state index in [2.05, 4.69) is 21.2 Å². The molecule has 0 bridgehead atoms. The molecule has 0 aromatic heterocycles. The molecule has 0 radical (unpaired) electrons. The van der Waals surface area contributed by atoms with Gasteiger partial charge in [0.2, 0.25) is 0 Å². The molecule has 2 N–H and O–H groups in total. The topological polar surface area (TPSA) is 49.3 Å². The van der Waals surface area contributed by atoms with Crippen molar-refractivity contribution in [3.8, 4) is 0 Å². The van der Waals surface area contributed by atoms with E-state index in [0.717, 1.165) is 10.0 Å². The maximum absolute atomic E-state index is 12.1. The zero-order valence-corrected chi connectivity index (χ0v) is 12.0. The lowest BCUT2D eigenvalue weighted by Crippen LogP contribution is -2.44. The molecule has 0 heterocycles. The number of hydrogen-bond acceptors (Lipinski definition) is 2. The predicted octanol–water partition coefficient (Wildman–Crippen LogP) is 2.65. The van der Waals surface area contributed by atoms with Crippen molar-refractivity contribution in [1.82, 2.24) is 5.32 Å². The SMILES string of the molecule is Cc1cc(Br)ccc1C(=O)NC(C)(C)CCO. The first kappa shape index (κ1) is 14.2. The Labute approximate surface area is 110 Å². The van der Waals surface area contributed by atoms with Crippen molar-refractivity contribution in [2.45, 2.75) is 32.7 Å². The number of amides is 1. The largest absolute Gasteiger partial charge is 0.396 e. The van der Waals surface area contributed by atoms with Crippen molar-refractivity contribution >= 4 is 21.8 Å². The molecule has 94 valence electrons. The number of halogens is 1. The Balaban J connectivity index is 2.83. The Morgan fingerprint density at radius 2 is 2.12 bits per heavy atom. The molecule has 1 aromatic rings. The van der Waals surface area contributed by atoms with Gasteiger partial charge < -0.3 is 10.4 Å². The molecule has 0 aliphatic carbocycles. The average molecular weight is 300 g/mol. The smallest absolute Gasteiger partial charge is 0.251 e. The lowest BCUT2D eigenvalue weighted by atomic mass is 9.99. The van der Waals surface area contributed by atoms with E-state index < -0.39 is 5.54 Å². The van der Waals surface area contributed by atoms with Gasteiger partial charge >= 0.3 is 0 Å². The summed E-state index contributed by atoms with van der Waals surface area (Å²) < 4.78 is 0.959. The molecule has 0 saturated carbocycles. The number of benzene rings is 1. The zero-order valence-electron chi connectivity index (χ0n) is 10.4. The van der Waals surface area contributed by atoms with E-state index in [-0.39, 0.29) is 12.5 Å². The Kier molecular flexibility index (Phi) is 4.71. The number of nitrogens with one attached hydrogen (secondary N) is 1. The monoisotopic (exact) mass is 299 g/mol. The fourth-order valence-corrected chi connectivity index (χ4v) is 2.07. The predicted molar refractivity (Wildman–Crippen MR) is 72.1 cm³/mol. The van der Waals surface area contributed by atoms with Gasteiger partial charge in [0.05, 0.1) is 0 Å². The van der Waals surface area contributed by atoms with Gasteiger partial charge in [-0.15, -0.1) is 0 Å². The quantitative estimate of drug-likeness (QED) is 0.898. The molecule has 0 spiro atoms. The van der Waals surface area contributed by atoms with Crippen LogP contribution in [0.3, 0.4) is 0 Å². The average Bonchev–Trinajstić information content (AvgIpc) is 2.15. The molecule has 0 aliphatic rings. The molecule has 17 heavy (non-hydrogen) atoms. The molecule has 4 heteroatoms. The van der Waals surface area contributed by atoms with Crippen molar-refractivity contribution in [2.75, 3.05) is 6.61 Å². The standard InChI is InChI=1S/C13H18BrNO2/c1-9-8-10(14)4-5-11(9)12(17)15-13(2,3)6-7-16/h4-5,8,16H,6-7H2,1-3H3,(H,15,17). The summed E-state index contributed by atoms with van der Waals surface area (Å²) in [6.45, 7) is 5.76. The third kappa shape index (κ3) is 4.13. The van der Waals surface area contributed by atoms with E-state index in [9.17, 15) is 4.79 Å². The van der Waals surface area contributed by atoms with Gasteiger partial charge in [-0.1, -0.05) is 15.9 Å². The maximum Gasteiger partial charge on any atom is 0.251 e. The molecule has 1 amide bonds. The minimum atomic E-state index is -0.397. The number of aliphatic hydroxyl groups excluding tert-OH is 1. The van der Waals surface area contributed by atoms with E-state index in [4.69, 9.17) is 5.11 Å². The molecule has 1 rings (SSSR count). The number of hydrogen-bond donors (Lipinski definition) is 2. The van der Waals surface area contributed by atoms with Gasteiger partial charge in [0.15, 0.2) is 0 Å². The van der Waals surface area contributed by atoms with Crippen LogP contribution in [0.25, 0.3) is 0 Å². The number of rotatable bonds is 4. The fourth-order valence-electron chi connectivity index (χ4n) is 1.60. The number of aliphatic hydroxyl groups is 1. The molecule has 0 fully saturated rings. The van der Waals surface area contributed by atoms with Gasteiger partial charge in [-0.2, -0.15) is 0 Å². The van der Waals surface area contributed by atoms with Crippen LogP contribution in [0, 0.1) is 6.92 Å². The van der Waals surface area contributed by atoms with Crippen LogP contribution in [0.5, 0.6) is 0 Å². The normalized spacial score (nSPS) is 11.4. The third-order valence-corrected chi connectivity index (χ3v) is 3.12. The van der Waals surface area contributed by atoms with Crippen LogP contribution in [-0.4, -0.2) is 23.2 Å². The first-order valence-corrected chi connectivity index (χ1v) is 6.34. The molecule has 3 nitrogen and oxygen atoms in total. The third-order valence-electron chi connectivity index (χ3n) is 2.62. The van der Waals surface area contributed by atoms with Crippen molar-refractivity contribution in [3.63, 3.8) is 0 Å². The highest BCUT2D eigenvalue weighted by Gasteiger charge is 2.21. The van der Waals surface area contributed by atoms with Gasteiger partial charge in [0.25, 0.3) is 5.91 Å². The van der Waals surface area contributed by atoms with Gasteiger partial charge in [-0.3, -0.25) is 4.79 Å². The summed E-state index contributed by atoms with van der Waals surface area (Å²) in [7, 11) is 0. The fraction of sp³-hybridized carbons (Fsp3) is 0.462. The number of aryl methyl sites for hydroxylation is 1. The van der Waals surface area contributed by atoms with Crippen molar-refractivity contribution in [2.24, 2.45) is 0 Å². The molecule has 1 aromatic carbocycles. The van der Waals surface area contributed by atoms with Crippen LogP contribution < -0.4 is 5.32 Å². The zero-order chi connectivity index (χ0) is 13.1. The van der Waals surface area contributed by atoms with E-state index in [1.54, 1.807) is 6.07 Å². The van der Waals surface area contributed by atoms with E-state index in [1.807, 2.05) is 32.9 Å². The number of carbonyl (C=O) groups is 1. The molecule has 0 aliphatic heterocycles. The van der Waals surface area contributed by atoms with Gasteiger partial charge in [0.1, 0.15) is 0 Å². The first-order valence-electron chi connectivity index (χ1n) is 5.55. The summed E-state index contributed by atoms with van der Waals surface area (Å²) in [4.78, 5) is 12.1. The van der Waals surface area contributed by atoms with Gasteiger partial charge in [-0.25, -0.2) is 0 Å². The second kappa shape index (κ2) is 5.65. The summed E-state index contributed by atoms with van der Waals surface area (Å²) in [6, 6.07) is 5.55. The second-order valence-electron chi connectivity index (χ2n) is 4.77. The summed E-state index contributed by atoms with van der Waals surface area (Å²) in [5.74, 6) is -0.103. The summed E-state index contributed by atoms with van der Waals surface area (Å²) in [5, 5.41) is 11.8. The highest BCUT2D eigenvalue weighted by atomic mass is 79.9. The molecule has 0 atom stereocenters. The maximum atomic E-state index is 12.1. The Hall–Kier alpha value is -0.870. The van der Waals surface area contributed by atoms with E-state index >= 15 is 0 Å². The lowest BCUT2D eigenvalue weighted by Gasteiger charge is -2.25. The van der Waals surface area contributed by atoms with Crippen LogP contribution in [0.15, 0.2) is 22.7 Å². The van der Waals surface area contributed by atoms with Crippen LogP contribution in [0.4, 0.5) is 0 Å². The highest BCUT2D eigenvalue weighted by Crippen LogP contribution is 2.17. The Morgan fingerprint density at radius 3 is 2.65 bits per heavy atom. The first-order chi connectivity index (χ1) is 7.85.